The molecule has 0 amide bonds. The van der Waals surface area contributed by atoms with Gasteiger partial charge in [0.1, 0.15) is 0 Å². The second-order valence-corrected chi connectivity index (χ2v) is 1.96. The molecule has 5 heteroatoms. The Balaban J connectivity index is 3.07. The van der Waals surface area contributed by atoms with Crippen molar-refractivity contribution in [2.24, 2.45) is 0 Å². The zero-order valence-corrected chi connectivity index (χ0v) is 4.72. The maximum atomic E-state index is 12.7. The Labute approximate surface area is 61.0 Å². The van der Waals surface area contributed by atoms with E-state index in [0.717, 1.165) is 5.32 Å². The van der Waals surface area contributed by atoms with Gasteiger partial charge in [0.2, 0.25) is 0 Å². The molecule has 1 aliphatic rings. The summed E-state index contributed by atoms with van der Waals surface area (Å²) < 4.78 is 77.7. The van der Waals surface area contributed by atoms with Crippen LogP contribution in [-0.2, 0) is 0 Å². The highest BCUT2D eigenvalue weighted by molar-refractivity contribution is 4.86. The predicted molar refractivity (Wildman–Crippen MR) is 27.4 cm³/mol. The summed E-state index contributed by atoms with van der Waals surface area (Å²) in [7, 11) is 0. The van der Waals surface area contributed by atoms with Crippen molar-refractivity contribution in [2.45, 2.75) is 18.3 Å². The lowest BCUT2D eigenvalue weighted by molar-refractivity contribution is -0.131. The number of rotatable bonds is 0. The molecule has 0 bridgehead atoms. The molecule has 1 nitrogen and oxygen atoms in total. The van der Waals surface area contributed by atoms with Gasteiger partial charge in [-0.05, 0) is 0 Å². The fraction of sp³-hybridized carbons (Fsp3) is 1.00. The molecule has 0 aromatic carbocycles. The molecule has 0 aromatic heterocycles. The Morgan fingerprint density at radius 1 is 1.10 bits per heavy atom. The number of hydrogen-bond donors (Lipinski definition) is 1. The van der Waals surface area contributed by atoms with Gasteiger partial charge in [0.15, 0.2) is 0 Å². The average Bonchev–Trinajstić information content (AvgIpc) is 1.78. The highest BCUT2D eigenvalue weighted by Crippen LogP contribution is 2.32. The molecule has 1 heterocycles. The van der Waals surface area contributed by atoms with Crippen molar-refractivity contribution in [1.29, 1.82) is 0 Å². The molecule has 1 fully saturated rings. The van der Waals surface area contributed by atoms with Crippen LogP contribution in [0.4, 0.5) is 17.6 Å². The van der Waals surface area contributed by atoms with E-state index in [2.05, 4.69) is 0 Å². The minimum atomic E-state index is -4.30. The van der Waals surface area contributed by atoms with E-state index in [1.165, 1.54) is 0 Å². The number of hydrogen-bond acceptors (Lipinski definition) is 1. The first-order valence-electron chi connectivity index (χ1n) is 4.46. The smallest absolute Gasteiger partial charge is 0.266 e. The molecule has 0 aromatic rings. The van der Waals surface area contributed by atoms with Gasteiger partial charge in [-0.3, -0.25) is 0 Å². The highest BCUT2D eigenvalue weighted by Gasteiger charge is 2.46. The van der Waals surface area contributed by atoms with E-state index in [1.54, 1.807) is 0 Å². The summed E-state index contributed by atoms with van der Waals surface area (Å²) in [5, 5.41) is 0.979. The van der Waals surface area contributed by atoms with Crippen molar-refractivity contribution in [3.8, 4) is 0 Å². The maximum Gasteiger partial charge on any atom is 0.266 e. The molecule has 10 heavy (non-hydrogen) atoms. The lowest BCUT2D eigenvalue weighted by atomic mass is 10.1. The van der Waals surface area contributed by atoms with Gasteiger partial charge in [-0.15, -0.1) is 0 Å². The van der Waals surface area contributed by atoms with Crippen LogP contribution < -0.4 is 5.32 Å². The molecule has 0 aliphatic carbocycles. The van der Waals surface area contributed by atoms with Gasteiger partial charge in [0.05, 0.1) is 19.4 Å². The van der Waals surface area contributed by atoms with Crippen molar-refractivity contribution in [3.05, 3.63) is 0 Å². The topological polar surface area (TPSA) is 12.0 Å². The van der Waals surface area contributed by atoms with E-state index in [4.69, 9.17) is 5.48 Å². The molecule has 1 saturated heterocycles. The van der Waals surface area contributed by atoms with Gasteiger partial charge in [-0.25, -0.2) is 17.6 Å². The van der Waals surface area contributed by atoms with Crippen LogP contribution >= 0.6 is 0 Å². The molecular formula is C5H7F4N. The van der Waals surface area contributed by atoms with E-state index in [-0.39, 0.29) is 0 Å². The van der Waals surface area contributed by atoms with Crippen LogP contribution in [0.25, 0.3) is 0 Å². The summed E-state index contributed by atoms with van der Waals surface area (Å²) in [6.45, 7) is -6.95. The maximum absolute atomic E-state index is 12.7. The van der Waals surface area contributed by atoms with Crippen molar-refractivity contribution < 1.29 is 23.0 Å². The molecule has 0 radical (unpaired) electrons. The number of piperidine rings is 1. The first-order valence-corrected chi connectivity index (χ1v) is 2.46. The monoisotopic (exact) mass is 161 g/mol. The molecule has 1 rings (SSSR count). The third kappa shape index (κ3) is 1.83. The molecular weight excluding hydrogens is 150 g/mol. The van der Waals surface area contributed by atoms with Crippen LogP contribution in [0.15, 0.2) is 0 Å². The first-order chi connectivity index (χ1) is 5.91. The summed E-state index contributed by atoms with van der Waals surface area (Å²) in [5.41, 5.74) is 0. The fourth-order valence-electron chi connectivity index (χ4n) is 0.581. The summed E-state index contributed by atoms with van der Waals surface area (Å²) in [5.74, 6) is -8.61. The predicted octanol–water partition coefficient (Wildman–Crippen LogP) is 1.25. The first kappa shape index (κ1) is 3.90. The van der Waals surface area contributed by atoms with Gasteiger partial charge < -0.3 is 5.32 Å². The third-order valence-electron chi connectivity index (χ3n) is 0.935. The van der Waals surface area contributed by atoms with Crippen molar-refractivity contribution in [1.82, 2.24) is 5.32 Å². The Morgan fingerprint density at radius 2 is 1.50 bits per heavy atom. The van der Waals surface area contributed by atoms with Crippen LogP contribution in [0.3, 0.4) is 0 Å². The molecule has 60 valence electrons. The van der Waals surface area contributed by atoms with Crippen LogP contribution in [-0.4, -0.2) is 24.8 Å². The lowest BCUT2D eigenvalue weighted by Crippen LogP contribution is -2.50. The van der Waals surface area contributed by atoms with Crippen LogP contribution in [0.2, 0.25) is 0 Å². The largest absolute Gasteiger partial charge is 0.306 e. The minimum Gasteiger partial charge on any atom is -0.306 e. The average molecular weight is 161 g/mol. The van der Waals surface area contributed by atoms with Gasteiger partial charge in [0.25, 0.3) is 11.8 Å². The second kappa shape index (κ2) is 2.08. The molecule has 1 aliphatic heterocycles. The summed E-state index contributed by atoms with van der Waals surface area (Å²) >= 11 is 0. The Kier molecular flexibility index (Phi) is 0.812. The normalized spacial score (nSPS) is 46.0. The van der Waals surface area contributed by atoms with E-state index in [1.807, 2.05) is 0 Å². The molecule has 0 saturated carbocycles. The zero-order chi connectivity index (χ0) is 11.4. The second-order valence-electron chi connectivity index (χ2n) is 1.96. The van der Waals surface area contributed by atoms with E-state index < -0.39 is 31.3 Å². The summed E-state index contributed by atoms with van der Waals surface area (Å²) in [6, 6.07) is 0. The molecule has 0 spiro atoms. The summed E-state index contributed by atoms with van der Waals surface area (Å²) in [4.78, 5) is 0. The summed E-state index contributed by atoms with van der Waals surface area (Å²) in [6.07, 6.45) is -2.15. The van der Waals surface area contributed by atoms with Crippen molar-refractivity contribution in [2.75, 3.05) is 13.0 Å². The van der Waals surface area contributed by atoms with E-state index in [0.29, 0.717) is 0 Å². The van der Waals surface area contributed by atoms with Gasteiger partial charge in [0, 0.05) is 5.48 Å². The van der Waals surface area contributed by atoms with Crippen molar-refractivity contribution >= 4 is 0 Å². The Bertz CT molecular complexity index is 204. The Hall–Kier alpha value is -0.320. The molecule has 0 unspecified atom stereocenters. The lowest BCUT2D eigenvalue weighted by Gasteiger charge is -2.29. The fourth-order valence-corrected chi connectivity index (χ4v) is 0.581. The van der Waals surface area contributed by atoms with Gasteiger partial charge in [-0.2, -0.15) is 0 Å². The molecule has 1 N–H and O–H groups in total. The van der Waals surface area contributed by atoms with E-state index in [9.17, 15) is 17.6 Å². The quantitative estimate of drug-likeness (QED) is 0.527. The van der Waals surface area contributed by atoms with Gasteiger partial charge in [-0.1, -0.05) is 0 Å². The number of halogens is 4. The number of alkyl halides is 4. The van der Waals surface area contributed by atoms with Gasteiger partial charge >= 0.3 is 0 Å². The molecule has 0 atom stereocenters. The Morgan fingerprint density at radius 3 is 1.80 bits per heavy atom. The van der Waals surface area contributed by atoms with Crippen LogP contribution in [0.5, 0.6) is 0 Å². The highest BCUT2D eigenvalue weighted by atomic mass is 19.3. The van der Waals surface area contributed by atoms with Crippen molar-refractivity contribution in [3.63, 3.8) is 0 Å². The standard InChI is InChI=1S/C5H7F4N/c6-4(7)1-5(8,9)3-10-2-4/h10H,1-3H2/i2D2,3D2. The van der Waals surface area contributed by atoms with E-state index >= 15 is 0 Å². The van der Waals surface area contributed by atoms with Crippen LogP contribution in [0.1, 0.15) is 11.9 Å². The number of nitrogens with one attached hydrogen (secondary N) is 1. The SMILES string of the molecule is [2H]C1([2H])NC([2H])([2H])C(F)(F)CC1(F)F. The third-order valence-corrected chi connectivity index (χ3v) is 0.935. The zero-order valence-electron chi connectivity index (χ0n) is 8.72. The minimum absolute atomic E-state index is 0.979. The van der Waals surface area contributed by atoms with Crippen LogP contribution in [0, 0.1) is 0 Å².